The van der Waals surface area contributed by atoms with Crippen molar-refractivity contribution in [1.82, 2.24) is 34.2 Å². The van der Waals surface area contributed by atoms with E-state index in [4.69, 9.17) is 4.74 Å². The highest BCUT2D eigenvalue weighted by atomic mass is 19.3. The van der Waals surface area contributed by atoms with Gasteiger partial charge in [-0.25, -0.2) is 36.4 Å². The van der Waals surface area contributed by atoms with Crippen molar-refractivity contribution in [1.29, 1.82) is 0 Å². The Morgan fingerprint density at radius 2 is 1.92 bits per heavy atom. The zero-order valence-electron chi connectivity index (χ0n) is 19.3. The summed E-state index contributed by atoms with van der Waals surface area (Å²) in [6, 6.07) is 2.19. The Bertz CT molecular complexity index is 1570. The zero-order chi connectivity index (χ0) is 26.6. The van der Waals surface area contributed by atoms with Crippen LogP contribution in [0.5, 0.6) is 0 Å². The molecule has 0 saturated carbocycles. The number of aliphatic hydroxyl groups is 1. The predicted molar refractivity (Wildman–Crippen MR) is 122 cm³/mol. The van der Waals surface area contributed by atoms with Crippen molar-refractivity contribution in [2.75, 3.05) is 18.5 Å². The normalized spacial score (nSPS) is 19.7. The largest absolute Gasteiger partial charge is 0.498 e. The van der Waals surface area contributed by atoms with Gasteiger partial charge in [-0.1, -0.05) is 0 Å². The van der Waals surface area contributed by atoms with E-state index in [1.54, 1.807) is 6.08 Å². The van der Waals surface area contributed by atoms with E-state index in [2.05, 4.69) is 30.6 Å². The molecule has 1 aliphatic carbocycles. The SMILES string of the molecule is OC(c1ccc(-c2cnc(NCC3C(F)=CC=C4OCCC43)n3cnnc23)c2ncnn12)(C(F)F)C(F)F. The fraction of sp³-hybridized carbons (Fsp3) is 0.348. The number of ether oxygens (including phenoxy) is 1. The molecular formula is C23H19F5N8O2. The number of alkyl halides is 4. The lowest BCUT2D eigenvalue weighted by Crippen LogP contribution is -2.43. The molecule has 2 atom stereocenters. The first-order valence-electron chi connectivity index (χ1n) is 11.6. The highest BCUT2D eigenvalue weighted by Gasteiger charge is 2.51. The summed E-state index contributed by atoms with van der Waals surface area (Å²) in [7, 11) is 0. The minimum absolute atomic E-state index is 0.0791. The Morgan fingerprint density at radius 3 is 2.71 bits per heavy atom. The number of anilines is 1. The smallest absolute Gasteiger partial charge is 0.278 e. The Hall–Kier alpha value is -4.14. The third-order valence-electron chi connectivity index (χ3n) is 6.91. The monoisotopic (exact) mass is 534 g/mol. The minimum Gasteiger partial charge on any atom is -0.498 e. The van der Waals surface area contributed by atoms with Crippen molar-refractivity contribution in [3.05, 3.63) is 60.4 Å². The lowest BCUT2D eigenvalue weighted by molar-refractivity contribution is -0.186. The van der Waals surface area contributed by atoms with E-state index in [0.29, 0.717) is 24.5 Å². The van der Waals surface area contributed by atoms with E-state index in [0.717, 1.165) is 22.7 Å². The molecule has 4 aromatic heterocycles. The van der Waals surface area contributed by atoms with E-state index in [-0.39, 0.29) is 35.1 Å². The van der Waals surface area contributed by atoms with Gasteiger partial charge in [-0.15, -0.1) is 10.2 Å². The molecule has 2 unspecified atom stereocenters. The predicted octanol–water partition coefficient (Wildman–Crippen LogP) is 3.37. The van der Waals surface area contributed by atoms with Crippen LogP contribution in [0.1, 0.15) is 12.1 Å². The molecule has 6 rings (SSSR count). The van der Waals surface area contributed by atoms with Gasteiger partial charge in [0.05, 0.1) is 18.1 Å². The Balaban J connectivity index is 1.36. The van der Waals surface area contributed by atoms with Crippen molar-refractivity contribution >= 4 is 17.2 Å². The van der Waals surface area contributed by atoms with Crippen molar-refractivity contribution in [3.8, 4) is 11.1 Å². The number of aromatic nitrogens is 7. The second-order valence-electron chi connectivity index (χ2n) is 8.93. The third kappa shape index (κ3) is 3.60. The number of halogens is 5. The van der Waals surface area contributed by atoms with Gasteiger partial charge in [0, 0.05) is 35.7 Å². The summed E-state index contributed by atoms with van der Waals surface area (Å²) in [6.07, 6.45) is -0.0494. The average Bonchev–Trinajstić information content (AvgIpc) is 3.67. The van der Waals surface area contributed by atoms with Crippen molar-refractivity contribution in [2.45, 2.75) is 24.9 Å². The van der Waals surface area contributed by atoms with Crippen LogP contribution in [0.2, 0.25) is 0 Å². The summed E-state index contributed by atoms with van der Waals surface area (Å²) < 4.78 is 76.5. The quantitative estimate of drug-likeness (QED) is 0.347. The summed E-state index contributed by atoms with van der Waals surface area (Å²) in [4.78, 5) is 8.43. The highest BCUT2D eigenvalue weighted by molar-refractivity contribution is 5.86. The molecule has 10 nitrogen and oxygen atoms in total. The van der Waals surface area contributed by atoms with Gasteiger partial charge in [0.2, 0.25) is 11.5 Å². The lowest BCUT2D eigenvalue weighted by Gasteiger charge is -2.27. The van der Waals surface area contributed by atoms with E-state index >= 15 is 0 Å². The van der Waals surface area contributed by atoms with Crippen LogP contribution in [0.15, 0.2) is 54.7 Å². The lowest BCUT2D eigenvalue weighted by atomic mass is 9.85. The van der Waals surface area contributed by atoms with E-state index in [1.807, 2.05) is 0 Å². The van der Waals surface area contributed by atoms with Crippen molar-refractivity contribution in [2.24, 2.45) is 11.8 Å². The van der Waals surface area contributed by atoms with Crippen LogP contribution in [-0.4, -0.2) is 65.3 Å². The van der Waals surface area contributed by atoms with Gasteiger partial charge in [0.25, 0.3) is 12.9 Å². The maximum atomic E-state index is 14.6. The molecule has 5 heterocycles. The Labute approximate surface area is 210 Å². The molecule has 0 amide bonds. The third-order valence-corrected chi connectivity index (χ3v) is 6.91. The zero-order valence-corrected chi connectivity index (χ0v) is 19.3. The van der Waals surface area contributed by atoms with Crippen LogP contribution in [0.3, 0.4) is 0 Å². The van der Waals surface area contributed by atoms with E-state index in [1.165, 1.54) is 29.1 Å². The molecule has 0 radical (unpaired) electrons. The number of hydrogen-bond acceptors (Lipinski definition) is 8. The van der Waals surface area contributed by atoms with Gasteiger partial charge in [0.15, 0.2) is 11.3 Å². The summed E-state index contributed by atoms with van der Waals surface area (Å²) in [5, 5.41) is 25.1. The second-order valence-corrected chi connectivity index (χ2v) is 8.93. The molecule has 1 aliphatic heterocycles. The van der Waals surface area contributed by atoms with Crippen molar-refractivity contribution < 1.29 is 31.8 Å². The van der Waals surface area contributed by atoms with Gasteiger partial charge in [-0.05, 0) is 30.7 Å². The second kappa shape index (κ2) is 9.01. The van der Waals surface area contributed by atoms with Gasteiger partial charge >= 0.3 is 0 Å². The Kier molecular flexibility index (Phi) is 5.74. The molecule has 0 bridgehead atoms. The van der Waals surface area contributed by atoms with Crippen LogP contribution in [0.25, 0.3) is 22.4 Å². The van der Waals surface area contributed by atoms with Gasteiger partial charge < -0.3 is 15.2 Å². The fourth-order valence-corrected chi connectivity index (χ4v) is 4.92. The first-order valence-corrected chi connectivity index (χ1v) is 11.6. The molecule has 0 aromatic carbocycles. The van der Waals surface area contributed by atoms with E-state index < -0.39 is 30.1 Å². The maximum Gasteiger partial charge on any atom is 0.278 e. The highest BCUT2D eigenvalue weighted by Crippen LogP contribution is 2.40. The minimum atomic E-state index is -3.79. The first-order chi connectivity index (χ1) is 18.3. The van der Waals surface area contributed by atoms with Crippen LogP contribution in [-0.2, 0) is 10.3 Å². The van der Waals surface area contributed by atoms with Gasteiger partial charge in [-0.3, -0.25) is 4.40 Å². The van der Waals surface area contributed by atoms with E-state index in [9.17, 15) is 27.1 Å². The molecule has 2 aliphatic rings. The molecule has 4 aromatic rings. The molecular weight excluding hydrogens is 515 g/mol. The molecule has 2 N–H and O–H groups in total. The molecule has 1 fully saturated rings. The van der Waals surface area contributed by atoms with Gasteiger partial charge in [0.1, 0.15) is 18.5 Å². The number of hydrogen-bond donors (Lipinski definition) is 2. The summed E-state index contributed by atoms with van der Waals surface area (Å²) in [5.41, 5.74) is -3.77. The van der Waals surface area contributed by atoms with Crippen LogP contribution >= 0.6 is 0 Å². The first kappa shape index (κ1) is 24.2. The summed E-state index contributed by atoms with van der Waals surface area (Å²) in [5.74, 6) is 0.271. The molecule has 198 valence electrons. The maximum absolute atomic E-state index is 14.6. The number of rotatable bonds is 7. The van der Waals surface area contributed by atoms with Crippen LogP contribution in [0, 0.1) is 11.8 Å². The molecule has 15 heteroatoms. The summed E-state index contributed by atoms with van der Waals surface area (Å²) >= 11 is 0. The molecule has 0 spiro atoms. The number of nitrogens with zero attached hydrogens (tertiary/aromatic N) is 7. The number of pyridine rings is 1. The number of nitrogens with one attached hydrogen (secondary N) is 1. The standard InChI is InChI=1S/C23H19F5N8O2/c24-15-2-3-16-11(5-6-38-16)13(15)7-29-22-30-8-14(19-34-32-10-35(19)22)12-1-4-17(36-18(12)31-9-33-36)23(37,20(25)26)21(27)28/h1-4,8-11,13,20-21,37H,5-7H2,(H,29,30). The van der Waals surface area contributed by atoms with Crippen LogP contribution in [0.4, 0.5) is 27.9 Å². The van der Waals surface area contributed by atoms with Crippen LogP contribution < -0.4 is 5.32 Å². The fourth-order valence-electron chi connectivity index (χ4n) is 4.92. The number of fused-ring (bicyclic) bond motifs is 3. The van der Waals surface area contributed by atoms with Crippen molar-refractivity contribution in [3.63, 3.8) is 0 Å². The average molecular weight is 534 g/mol. The summed E-state index contributed by atoms with van der Waals surface area (Å²) in [6.45, 7) is 0.745. The van der Waals surface area contributed by atoms with Gasteiger partial charge in [-0.2, -0.15) is 5.10 Å². The topological polar surface area (TPSA) is 115 Å². The molecule has 38 heavy (non-hydrogen) atoms. The number of allylic oxidation sites excluding steroid dienone is 3. The molecule has 1 saturated heterocycles. The Morgan fingerprint density at radius 1 is 1.11 bits per heavy atom.